The van der Waals surface area contributed by atoms with E-state index in [1.807, 2.05) is 11.8 Å². The number of nitrogens with zero attached hydrogens (tertiary/aromatic N) is 2. The summed E-state index contributed by atoms with van der Waals surface area (Å²) in [6, 6.07) is 4.16. The second-order valence-corrected chi connectivity index (χ2v) is 5.58. The molecule has 0 unspecified atom stereocenters. The summed E-state index contributed by atoms with van der Waals surface area (Å²) >= 11 is 0. The van der Waals surface area contributed by atoms with Gasteiger partial charge in [0, 0.05) is 31.0 Å². The number of fused-ring (bicyclic) bond motifs is 1. The van der Waals surface area contributed by atoms with Gasteiger partial charge in [-0.05, 0) is 31.9 Å². The molecular formula is C15H22N2O2. The first-order valence-corrected chi connectivity index (χ1v) is 7.32. The molecule has 0 saturated heterocycles. The molecule has 1 saturated carbocycles. The zero-order valence-corrected chi connectivity index (χ0v) is 11.5. The van der Waals surface area contributed by atoms with Crippen LogP contribution in [0.4, 0.5) is 0 Å². The van der Waals surface area contributed by atoms with Gasteiger partial charge in [0.25, 0.3) is 0 Å². The summed E-state index contributed by atoms with van der Waals surface area (Å²) in [7, 11) is 0. The first-order chi connectivity index (χ1) is 9.28. The smallest absolute Gasteiger partial charge is 0.226 e. The number of rotatable bonds is 3. The number of ether oxygens (including phenoxy) is 1. The van der Waals surface area contributed by atoms with Crippen LogP contribution in [0, 0.1) is 5.92 Å². The molecule has 2 aliphatic rings. The van der Waals surface area contributed by atoms with E-state index in [4.69, 9.17) is 4.74 Å². The Labute approximate surface area is 114 Å². The van der Waals surface area contributed by atoms with Gasteiger partial charge in [-0.3, -0.25) is 4.79 Å². The molecule has 2 heterocycles. The maximum atomic E-state index is 12.5. The van der Waals surface area contributed by atoms with Gasteiger partial charge in [-0.25, -0.2) is 0 Å². The molecule has 4 heteroatoms. The van der Waals surface area contributed by atoms with Crippen molar-refractivity contribution in [2.45, 2.75) is 45.4 Å². The number of carbonyl (C=O) groups is 1. The van der Waals surface area contributed by atoms with Crippen LogP contribution >= 0.6 is 0 Å². The first-order valence-electron chi connectivity index (χ1n) is 7.32. The standard InChI is InChI=1S/C15H22N2O2/c1-2-19-14-10-16-8-4-7-13(16)9-17(11-14)15(18)12-5-3-6-12/h4,7-8,12,14H,2-3,5-6,9-11H2,1H3/t14-/m1/s1. The predicted octanol–water partition coefficient (Wildman–Crippen LogP) is 2.04. The van der Waals surface area contributed by atoms with Crippen LogP contribution in [0.5, 0.6) is 0 Å². The number of amides is 1. The lowest BCUT2D eigenvalue weighted by molar-refractivity contribution is -0.140. The first kappa shape index (κ1) is 12.7. The number of aromatic nitrogens is 1. The second-order valence-electron chi connectivity index (χ2n) is 5.58. The zero-order valence-electron chi connectivity index (χ0n) is 11.5. The molecule has 1 aliphatic heterocycles. The third-order valence-electron chi connectivity index (χ3n) is 4.27. The van der Waals surface area contributed by atoms with Crippen LogP contribution in [0.25, 0.3) is 0 Å². The maximum absolute atomic E-state index is 12.5. The van der Waals surface area contributed by atoms with Crippen molar-refractivity contribution in [3.8, 4) is 0 Å². The molecule has 0 N–H and O–H groups in total. The van der Waals surface area contributed by atoms with Crippen molar-refractivity contribution in [2.24, 2.45) is 5.92 Å². The maximum Gasteiger partial charge on any atom is 0.226 e. The molecule has 104 valence electrons. The van der Waals surface area contributed by atoms with Gasteiger partial charge in [-0.15, -0.1) is 0 Å². The molecule has 0 radical (unpaired) electrons. The molecule has 1 aromatic rings. The Hall–Kier alpha value is -1.29. The Morgan fingerprint density at radius 3 is 2.95 bits per heavy atom. The molecule has 4 nitrogen and oxygen atoms in total. The van der Waals surface area contributed by atoms with Crippen LogP contribution in [0.15, 0.2) is 18.3 Å². The van der Waals surface area contributed by atoms with E-state index < -0.39 is 0 Å². The Morgan fingerprint density at radius 2 is 2.26 bits per heavy atom. The number of carbonyl (C=O) groups excluding carboxylic acids is 1. The van der Waals surface area contributed by atoms with Gasteiger partial charge in [0.2, 0.25) is 5.91 Å². The Balaban J connectivity index is 1.77. The number of hydrogen-bond acceptors (Lipinski definition) is 2. The van der Waals surface area contributed by atoms with Crippen LogP contribution in [0.2, 0.25) is 0 Å². The van der Waals surface area contributed by atoms with Gasteiger partial charge < -0.3 is 14.2 Å². The lowest BCUT2D eigenvalue weighted by Crippen LogP contribution is -2.42. The highest BCUT2D eigenvalue weighted by Crippen LogP contribution is 2.29. The molecule has 0 aromatic carbocycles. The third kappa shape index (κ3) is 2.54. The number of hydrogen-bond donors (Lipinski definition) is 0. The van der Waals surface area contributed by atoms with Crippen molar-refractivity contribution in [3.63, 3.8) is 0 Å². The van der Waals surface area contributed by atoms with Crippen molar-refractivity contribution in [1.82, 2.24) is 9.47 Å². The van der Waals surface area contributed by atoms with E-state index in [0.29, 0.717) is 12.5 Å². The minimum Gasteiger partial charge on any atom is -0.375 e. The van der Waals surface area contributed by atoms with E-state index in [9.17, 15) is 4.79 Å². The molecular weight excluding hydrogens is 240 g/mol. The third-order valence-corrected chi connectivity index (χ3v) is 4.27. The minimum absolute atomic E-state index is 0.114. The minimum atomic E-state index is 0.114. The van der Waals surface area contributed by atoms with Crippen LogP contribution in [0.1, 0.15) is 31.9 Å². The molecule has 3 rings (SSSR count). The van der Waals surface area contributed by atoms with E-state index in [-0.39, 0.29) is 12.0 Å². The monoisotopic (exact) mass is 262 g/mol. The Bertz CT molecular complexity index is 451. The highest BCUT2D eigenvalue weighted by Gasteiger charge is 2.32. The summed E-state index contributed by atoms with van der Waals surface area (Å²) in [5, 5.41) is 0. The van der Waals surface area contributed by atoms with Crippen LogP contribution in [-0.2, 0) is 22.6 Å². The van der Waals surface area contributed by atoms with Gasteiger partial charge in [0.05, 0.1) is 19.2 Å². The van der Waals surface area contributed by atoms with Gasteiger partial charge in [-0.1, -0.05) is 6.42 Å². The summed E-state index contributed by atoms with van der Waals surface area (Å²) in [4.78, 5) is 14.5. The SMILES string of the molecule is CCO[C@H]1CN(C(=O)C2CCC2)Cc2cccn2C1. The topological polar surface area (TPSA) is 34.5 Å². The molecule has 1 atom stereocenters. The fourth-order valence-electron chi connectivity index (χ4n) is 2.98. The molecule has 0 spiro atoms. The highest BCUT2D eigenvalue weighted by atomic mass is 16.5. The van der Waals surface area contributed by atoms with Gasteiger partial charge >= 0.3 is 0 Å². The molecule has 1 aliphatic carbocycles. The Morgan fingerprint density at radius 1 is 1.42 bits per heavy atom. The lowest BCUT2D eigenvalue weighted by Gasteiger charge is -2.32. The average molecular weight is 262 g/mol. The van der Waals surface area contributed by atoms with Gasteiger partial charge in [-0.2, -0.15) is 0 Å². The molecule has 19 heavy (non-hydrogen) atoms. The van der Waals surface area contributed by atoms with Crippen molar-refractivity contribution in [1.29, 1.82) is 0 Å². The Kier molecular flexibility index (Phi) is 3.60. The van der Waals surface area contributed by atoms with E-state index in [2.05, 4.69) is 22.9 Å². The van der Waals surface area contributed by atoms with E-state index >= 15 is 0 Å². The van der Waals surface area contributed by atoms with Crippen molar-refractivity contribution >= 4 is 5.91 Å². The predicted molar refractivity (Wildman–Crippen MR) is 72.6 cm³/mol. The van der Waals surface area contributed by atoms with E-state index in [1.165, 1.54) is 12.1 Å². The summed E-state index contributed by atoms with van der Waals surface area (Å²) in [5.74, 6) is 0.592. The normalized spacial score (nSPS) is 23.6. The van der Waals surface area contributed by atoms with Gasteiger partial charge in [0.1, 0.15) is 0 Å². The largest absolute Gasteiger partial charge is 0.375 e. The van der Waals surface area contributed by atoms with Crippen molar-refractivity contribution < 1.29 is 9.53 Å². The summed E-state index contributed by atoms with van der Waals surface area (Å²) in [6.45, 7) is 5.02. The van der Waals surface area contributed by atoms with Crippen LogP contribution in [0.3, 0.4) is 0 Å². The summed E-state index contributed by atoms with van der Waals surface area (Å²) < 4.78 is 8.00. The summed E-state index contributed by atoms with van der Waals surface area (Å²) in [6.07, 6.45) is 5.53. The van der Waals surface area contributed by atoms with Gasteiger partial charge in [0.15, 0.2) is 0 Å². The molecule has 1 fully saturated rings. The molecule has 0 bridgehead atoms. The van der Waals surface area contributed by atoms with E-state index in [1.54, 1.807) is 0 Å². The molecule has 1 amide bonds. The summed E-state index contributed by atoms with van der Waals surface area (Å²) in [5.41, 5.74) is 1.22. The van der Waals surface area contributed by atoms with Crippen molar-refractivity contribution in [2.75, 3.05) is 13.2 Å². The second kappa shape index (κ2) is 5.37. The highest BCUT2D eigenvalue weighted by molar-refractivity contribution is 5.79. The van der Waals surface area contributed by atoms with Crippen molar-refractivity contribution in [3.05, 3.63) is 24.0 Å². The van der Waals surface area contributed by atoms with E-state index in [0.717, 1.165) is 32.5 Å². The molecule has 1 aromatic heterocycles. The van der Waals surface area contributed by atoms with Crippen LogP contribution in [-0.4, -0.2) is 34.6 Å². The lowest BCUT2D eigenvalue weighted by atomic mass is 9.84. The zero-order chi connectivity index (χ0) is 13.2. The van der Waals surface area contributed by atoms with Crippen LogP contribution < -0.4 is 0 Å². The fraction of sp³-hybridized carbons (Fsp3) is 0.667. The fourth-order valence-corrected chi connectivity index (χ4v) is 2.98. The quantitative estimate of drug-likeness (QED) is 0.835. The average Bonchev–Trinajstić information content (AvgIpc) is 2.66.